The molecule has 0 saturated carbocycles. The summed E-state index contributed by atoms with van der Waals surface area (Å²) in [6, 6.07) is 0. The summed E-state index contributed by atoms with van der Waals surface area (Å²) in [5, 5.41) is 77.9. The van der Waals surface area contributed by atoms with Crippen molar-refractivity contribution in [3.63, 3.8) is 0 Å². The van der Waals surface area contributed by atoms with E-state index < -0.39 is 72.7 Å². The van der Waals surface area contributed by atoms with Gasteiger partial charge in [0, 0.05) is 49.6 Å². The van der Waals surface area contributed by atoms with Crippen molar-refractivity contribution in [3.05, 3.63) is 0 Å². The molecule has 0 atom stereocenters. The molecule has 0 aromatic carbocycles. The maximum absolute atomic E-state index is 10.1. The van der Waals surface area contributed by atoms with Gasteiger partial charge in [-0.2, -0.15) is 0 Å². The Morgan fingerprint density at radius 3 is 0.724 bits per heavy atom. The molecule has 0 aromatic heterocycles. The van der Waals surface area contributed by atoms with Crippen LogP contribution in [0.5, 0.6) is 0 Å². The van der Waals surface area contributed by atoms with Crippen molar-refractivity contribution in [1.29, 1.82) is 0 Å². The molecule has 17 heteroatoms. The molecule has 0 aliphatic carbocycles. The summed E-state index contributed by atoms with van der Waals surface area (Å²) in [4.78, 5) is 60.0. The first kappa shape index (κ1) is 40.3. The number of carboxylic acids is 6. The first-order chi connectivity index (χ1) is 11.6. The minimum Gasteiger partial charge on any atom is -0.550 e. The van der Waals surface area contributed by atoms with E-state index in [1.165, 1.54) is 0 Å². The van der Waals surface area contributed by atoms with Crippen LogP contribution in [0.3, 0.4) is 0 Å². The summed E-state index contributed by atoms with van der Waals surface area (Å²) in [5.41, 5.74) is -5.95. The predicted molar refractivity (Wildman–Crippen MR) is 58.4 cm³/mol. The van der Waals surface area contributed by atoms with Crippen molar-refractivity contribution in [2.45, 2.75) is 36.9 Å². The Bertz CT molecular complexity index is 523. The number of aliphatic carboxylic acids is 6. The molecule has 14 nitrogen and oxygen atoms in total. The van der Waals surface area contributed by atoms with Crippen LogP contribution < -0.4 is 133 Å². The molecule has 0 amide bonds. The van der Waals surface area contributed by atoms with Gasteiger partial charge in [0.1, 0.15) is 11.2 Å². The smallest absolute Gasteiger partial charge is 0.550 e. The van der Waals surface area contributed by atoms with Gasteiger partial charge in [-0.15, -0.1) is 0 Å². The van der Waals surface area contributed by atoms with Crippen LogP contribution in [0, 0.1) is 0 Å². The van der Waals surface area contributed by atoms with Gasteiger partial charge >= 0.3 is 129 Å². The molecule has 0 aliphatic heterocycles. The third-order valence-electron chi connectivity index (χ3n) is 2.51. The van der Waals surface area contributed by atoms with E-state index in [1.807, 2.05) is 0 Å². The van der Waals surface area contributed by atoms with Crippen LogP contribution in [-0.4, -0.2) is 57.2 Å². The fourth-order valence-electron chi connectivity index (χ4n) is 1.37. The number of rotatable bonds is 10. The second-order valence-corrected chi connectivity index (χ2v) is 4.83. The van der Waals surface area contributed by atoms with Crippen LogP contribution >= 0.6 is 0 Å². The second-order valence-electron chi connectivity index (χ2n) is 4.83. The molecule has 148 valence electrons. The van der Waals surface area contributed by atoms with E-state index in [1.54, 1.807) is 0 Å². The van der Waals surface area contributed by atoms with E-state index in [0.29, 0.717) is 0 Å². The minimum absolute atomic E-state index is 0. The van der Waals surface area contributed by atoms with Gasteiger partial charge in [0.25, 0.3) is 0 Å². The topological polar surface area (TPSA) is 281 Å². The van der Waals surface area contributed by atoms with E-state index in [4.69, 9.17) is 10.2 Å². The number of aliphatic hydroxyl groups is 2. The van der Waals surface area contributed by atoms with E-state index in [2.05, 4.69) is 0 Å². The SMILES string of the molecule is O=C([O-])CC(O)(CC(=O)[O-])C(=O)[O-].O=C([O-])CC(O)(CC(=O)[O-])C(=O)[O-].[K+].[K+].[Zr+4]. The summed E-state index contributed by atoms with van der Waals surface area (Å²) in [5.74, 6) is -12.0. The first-order valence-corrected chi connectivity index (χ1v) is 6.23. The first-order valence-electron chi connectivity index (χ1n) is 6.23. The van der Waals surface area contributed by atoms with Gasteiger partial charge in [0.2, 0.25) is 0 Å². The number of carboxylic acid groups (broad SMARTS) is 6. The van der Waals surface area contributed by atoms with Gasteiger partial charge in [-0.3, -0.25) is 0 Å². The standard InChI is InChI=1S/2C6H8O7.2K.Zr/c2*7-3(8)1-6(13,5(11)12)2-4(9)10;;;/h2*13H,1-2H2,(H,7,8)(H,9,10)(H,11,12);;;/q;;2*+1;+4/p-6. The molecule has 0 rings (SSSR count). The van der Waals surface area contributed by atoms with E-state index in [-0.39, 0.29) is 129 Å². The molecule has 0 radical (unpaired) electrons. The van der Waals surface area contributed by atoms with Gasteiger partial charge in [-0.1, -0.05) is 0 Å². The number of hydrogen-bond acceptors (Lipinski definition) is 14. The molecule has 0 bridgehead atoms. The minimum atomic E-state index is -2.97. The summed E-state index contributed by atoms with van der Waals surface area (Å²) < 4.78 is 0. The number of hydrogen-bond donors (Lipinski definition) is 2. The van der Waals surface area contributed by atoms with Crippen LogP contribution in [0.4, 0.5) is 0 Å². The van der Waals surface area contributed by atoms with Gasteiger partial charge in [-0.25, -0.2) is 0 Å². The molecular weight excluding hydrogens is 538 g/mol. The van der Waals surface area contributed by atoms with Crippen molar-refractivity contribution < 1.29 is 199 Å². The molecule has 0 heterocycles. The van der Waals surface area contributed by atoms with Crippen LogP contribution in [-0.2, 0) is 55.0 Å². The quantitative estimate of drug-likeness (QED) is 0.240. The number of carbonyl (C=O) groups is 6. The average Bonchev–Trinajstić information content (AvgIpc) is 2.34. The Kier molecular flexibility index (Phi) is 25.6. The Balaban J connectivity index is -0.000000120. The van der Waals surface area contributed by atoms with Crippen LogP contribution in [0.1, 0.15) is 25.7 Å². The van der Waals surface area contributed by atoms with Gasteiger partial charge < -0.3 is 69.6 Å². The molecule has 29 heavy (non-hydrogen) atoms. The largest absolute Gasteiger partial charge is 4.00 e. The molecule has 0 aliphatic rings. The Morgan fingerprint density at radius 1 is 0.517 bits per heavy atom. The molecule has 0 aromatic rings. The summed E-state index contributed by atoms with van der Waals surface area (Å²) in [6.07, 6.45) is -5.43. The van der Waals surface area contributed by atoms with Crippen LogP contribution in [0.2, 0.25) is 0 Å². The third kappa shape index (κ3) is 19.3. The van der Waals surface area contributed by atoms with Gasteiger partial charge in [0.15, 0.2) is 0 Å². The Labute approximate surface area is 266 Å². The van der Waals surface area contributed by atoms with Crippen LogP contribution in [0.25, 0.3) is 0 Å². The molecule has 0 saturated heterocycles. The average molecular weight is 548 g/mol. The molecular formula is C12H10K2O14Zr. The number of carbonyl (C=O) groups excluding carboxylic acids is 6. The fraction of sp³-hybridized carbons (Fsp3) is 0.500. The van der Waals surface area contributed by atoms with Crippen LogP contribution in [0.15, 0.2) is 0 Å². The fourth-order valence-corrected chi connectivity index (χ4v) is 1.37. The summed E-state index contributed by atoms with van der Waals surface area (Å²) >= 11 is 0. The zero-order valence-corrected chi connectivity index (χ0v) is 23.8. The van der Waals surface area contributed by atoms with Crippen molar-refractivity contribution in [1.82, 2.24) is 0 Å². The Hall–Kier alpha value is 0.896. The maximum Gasteiger partial charge on any atom is 4.00 e. The maximum atomic E-state index is 10.1. The van der Waals surface area contributed by atoms with Crippen molar-refractivity contribution in [2.24, 2.45) is 0 Å². The third-order valence-corrected chi connectivity index (χ3v) is 2.51. The molecule has 0 unspecified atom stereocenters. The summed E-state index contributed by atoms with van der Waals surface area (Å²) in [7, 11) is 0. The van der Waals surface area contributed by atoms with Crippen molar-refractivity contribution in [3.8, 4) is 0 Å². The van der Waals surface area contributed by atoms with E-state index in [9.17, 15) is 59.4 Å². The molecule has 0 fully saturated rings. The van der Waals surface area contributed by atoms with Crippen molar-refractivity contribution in [2.75, 3.05) is 0 Å². The van der Waals surface area contributed by atoms with E-state index >= 15 is 0 Å². The summed E-state index contributed by atoms with van der Waals surface area (Å²) in [6.45, 7) is 0. The van der Waals surface area contributed by atoms with Gasteiger partial charge in [0.05, 0.1) is 11.9 Å². The molecule has 2 N–H and O–H groups in total. The van der Waals surface area contributed by atoms with Gasteiger partial charge in [-0.05, 0) is 0 Å². The van der Waals surface area contributed by atoms with E-state index in [0.717, 1.165) is 0 Å². The molecule has 0 spiro atoms. The van der Waals surface area contributed by atoms with Crippen molar-refractivity contribution >= 4 is 35.8 Å². The monoisotopic (exact) mass is 546 g/mol. The zero-order valence-electron chi connectivity index (χ0n) is 15.1. The second kappa shape index (κ2) is 18.5. The Morgan fingerprint density at radius 2 is 0.655 bits per heavy atom. The zero-order chi connectivity index (χ0) is 21.3. The normalized spacial score (nSPS) is 9.72. The predicted octanol–water partition coefficient (Wildman–Crippen LogP) is -16.5.